The number of nitrogens with one attached hydrogen (secondary N) is 3. The van der Waals surface area contributed by atoms with Gasteiger partial charge in [0.15, 0.2) is 0 Å². The Morgan fingerprint density at radius 2 is 1.67 bits per heavy atom. The van der Waals surface area contributed by atoms with Crippen molar-refractivity contribution in [2.45, 2.75) is 85.5 Å². The lowest BCUT2D eigenvalue weighted by Gasteiger charge is -2.38. The van der Waals surface area contributed by atoms with Crippen molar-refractivity contribution in [3.8, 4) is 0 Å². The van der Waals surface area contributed by atoms with E-state index in [1.165, 1.54) is 11.0 Å². The Kier molecular flexibility index (Phi) is 9.25. The molecule has 2 rings (SSSR count). The van der Waals surface area contributed by atoms with Gasteiger partial charge in [0.1, 0.15) is 30.3 Å². The molecule has 0 aromatic carbocycles. The van der Waals surface area contributed by atoms with Crippen molar-refractivity contribution in [2.24, 2.45) is 22.7 Å². The molecule has 0 bridgehead atoms. The molecule has 0 spiro atoms. The van der Waals surface area contributed by atoms with Crippen LogP contribution in [0.1, 0.15) is 61.8 Å². The minimum Gasteiger partial charge on any atom is -0.480 e. The Hall–Kier alpha value is -3.44. The third-order valence-corrected chi connectivity index (χ3v) is 7.19. The quantitative estimate of drug-likeness (QED) is 0.232. The number of piperidine rings is 1. The monoisotopic (exact) mass is 550 g/mol. The Morgan fingerprint density at radius 3 is 2.15 bits per heavy atom. The zero-order valence-corrected chi connectivity index (χ0v) is 24.0. The number of nitrogens with zero attached hydrogens (tertiary/aromatic N) is 1. The van der Waals surface area contributed by atoms with Crippen LogP contribution in [0.2, 0.25) is 0 Å². The normalized spacial score (nSPS) is 23.0. The molecule has 4 amide bonds. The molecule has 4 N–H and O–H groups in total. The number of ether oxygens (including phenoxy) is 1. The summed E-state index contributed by atoms with van der Waals surface area (Å²) >= 11 is 0. The van der Waals surface area contributed by atoms with E-state index in [-0.39, 0.29) is 30.2 Å². The molecule has 2 fully saturated rings. The Bertz CT molecular complexity index is 1040. The highest BCUT2D eigenvalue weighted by Crippen LogP contribution is 2.65. The van der Waals surface area contributed by atoms with Crippen LogP contribution >= 0.6 is 0 Å². The first kappa shape index (κ1) is 31.8. The minimum atomic E-state index is -1.32. The second-order valence-corrected chi connectivity index (χ2v) is 12.9. The maximum Gasteiger partial charge on any atom is 0.408 e. The van der Waals surface area contributed by atoms with E-state index in [1.54, 1.807) is 41.5 Å². The number of rotatable bonds is 10. The number of hydrogen-bond acceptors (Lipinski definition) is 7. The number of carbonyl (C=O) groups is 6. The standard InChI is InChI=1S/C27H42N4O8/c1-10-11-15(19(34)22(36)28-12-16(32)33)29-21(35)18-17-14(27(17,8)9)13-31(18)23(37)20(25(2,3)4)30-24(38)39-26(5,6)7/h10,14-15,17-18,20H,1,11-13H2,2-9H3,(H,28,36)(H,29,35)(H,30,38)(H,32,33). The van der Waals surface area contributed by atoms with Crippen molar-refractivity contribution < 1.29 is 38.6 Å². The maximum atomic E-state index is 13.9. The van der Waals surface area contributed by atoms with Gasteiger partial charge in [-0.25, -0.2) is 4.79 Å². The summed E-state index contributed by atoms with van der Waals surface area (Å²) in [5.41, 5.74) is -1.73. The van der Waals surface area contributed by atoms with Crippen LogP contribution in [0.15, 0.2) is 12.7 Å². The van der Waals surface area contributed by atoms with Gasteiger partial charge in [-0.05, 0) is 49.9 Å². The number of carboxylic acids is 1. The SMILES string of the molecule is C=CCC(NC(=O)C1C2C(CN1C(=O)C(NC(=O)OC(C)(C)C)C(C)(C)C)C2(C)C)C(=O)C(=O)NCC(=O)O. The number of Topliss-reactive ketones (excluding diaryl/α,β-unsaturated/α-hetero) is 1. The third-order valence-electron chi connectivity index (χ3n) is 7.19. The van der Waals surface area contributed by atoms with Gasteiger partial charge < -0.3 is 30.7 Å². The highest BCUT2D eigenvalue weighted by atomic mass is 16.6. The zero-order chi connectivity index (χ0) is 30.1. The molecule has 2 aliphatic rings. The summed E-state index contributed by atoms with van der Waals surface area (Å²) in [6, 6.07) is -3.24. The van der Waals surface area contributed by atoms with Gasteiger partial charge in [0.2, 0.25) is 17.6 Å². The van der Waals surface area contributed by atoms with Crippen LogP contribution in [-0.4, -0.2) is 82.4 Å². The largest absolute Gasteiger partial charge is 0.480 e. The Labute approximate surface area is 229 Å². The fourth-order valence-corrected chi connectivity index (χ4v) is 5.11. The van der Waals surface area contributed by atoms with E-state index >= 15 is 0 Å². The van der Waals surface area contributed by atoms with Gasteiger partial charge in [0.25, 0.3) is 5.91 Å². The second kappa shape index (κ2) is 11.4. The van der Waals surface area contributed by atoms with E-state index in [9.17, 15) is 28.8 Å². The fraction of sp³-hybridized carbons (Fsp3) is 0.704. The molecule has 0 aromatic rings. The molecule has 1 saturated carbocycles. The summed E-state index contributed by atoms with van der Waals surface area (Å²) in [7, 11) is 0. The number of fused-ring (bicyclic) bond motifs is 1. The molecule has 12 heteroatoms. The van der Waals surface area contributed by atoms with Crippen molar-refractivity contribution in [2.75, 3.05) is 13.1 Å². The molecular weight excluding hydrogens is 508 g/mol. The van der Waals surface area contributed by atoms with Crippen molar-refractivity contribution in [3.05, 3.63) is 12.7 Å². The van der Waals surface area contributed by atoms with Crippen LogP contribution < -0.4 is 16.0 Å². The lowest BCUT2D eigenvalue weighted by atomic mass is 9.85. The predicted molar refractivity (Wildman–Crippen MR) is 141 cm³/mol. The van der Waals surface area contributed by atoms with Crippen molar-refractivity contribution in [1.29, 1.82) is 0 Å². The van der Waals surface area contributed by atoms with Crippen molar-refractivity contribution in [1.82, 2.24) is 20.9 Å². The summed E-state index contributed by atoms with van der Waals surface area (Å²) in [6.45, 7) is 17.6. The number of carbonyl (C=O) groups excluding carboxylic acids is 5. The smallest absolute Gasteiger partial charge is 0.408 e. The van der Waals surface area contributed by atoms with Gasteiger partial charge in [0, 0.05) is 6.54 Å². The average Bonchev–Trinajstić information content (AvgIpc) is 3.12. The molecule has 1 saturated heterocycles. The molecule has 5 atom stereocenters. The first-order valence-corrected chi connectivity index (χ1v) is 13.0. The minimum absolute atomic E-state index is 0.0340. The highest BCUT2D eigenvalue weighted by Gasteiger charge is 2.69. The zero-order valence-electron chi connectivity index (χ0n) is 24.0. The molecule has 0 aromatic heterocycles. The first-order valence-electron chi connectivity index (χ1n) is 13.0. The number of alkyl carbamates (subject to hydrolysis) is 1. The van der Waals surface area contributed by atoms with Gasteiger partial charge in [-0.1, -0.05) is 40.7 Å². The number of carboxylic acid groups (broad SMARTS) is 1. The lowest BCUT2D eigenvalue weighted by Crippen LogP contribution is -2.60. The molecule has 218 valence electrons. The summed E-state index contributed by atoms with van der Waals surface area (Å²) in [4.78, 5) is 77.1. The second-order valence-electron chi connectivity index (χ2n) is 12.9. The predicted octanol–water partition coefficient (Wildman–Crippen LogP) is 1.24. The molecule has 1 aliphatic carbocycles. The number of amides is 4. The first-order chi connectivity index (χ1) is 17.7. The summed E-state index contributed by atoms with van der Waals surface area (Å²) in [5, 5.41) is 16.0. The molecule has 5 unspecified atom stereocenters. The molecule has 39 heavy (non-hydrogen) atoms. The van der Waals surface area contributed by atoms with E-state index in [0.717, 1.165) is 0 Å². The Morgan fingerprint density at radius 1 is 1.08 bits per heavy atom. The van der Waals surface area contributed by atoms with Crippen LogP contribution in [0.3, 0.4) is 0 Å². The van der Waals surface area contributed by atoms with E-state index in [2.05, 4.69) is 17.2 Å². The van der Waals surface area contributed by atoms with Crippen LogP contribution in [0.4, 0.5) is 4.79 Å². The third kappa shape index (κ3) is 7.57. The molecule has 1 heterocycles. The lowest BCUT2D eigenvalue weighted by molar-refractivity contribution is -0.145. The average molecular weight is 551 g/mol. The molecule has 0 radical (unpaired) electrons. The van der Waals surface area contributed by atoms with Crippen LogP contribution in [0, 0.1) is 22.7 Å². The van der Waals surface area contributed by atoms with Crippen LogP contribution in [0.5, 0.6) is 0 Å². The van der Waals surface area contributed by atoms with Crippen LogP contribution in [0.25, 0.3) is 0 Å². The van der Waals surface area contributed by atoms with E-state index in [4.69, 9.17) is 9.84 Å². The summed E-state index contributed by atoms with van der Waals surface area (Å²) in [5.74, 6) is -4.72. The van der Waals surface area contributed by atoms with Gasteiger partial charge in [-0.15, -0.1) is 6.58 Å². The number of aliphatic carboxylic acids is 1. The van der Waals surface area contributed by atoms with Crippen molar-refractivity contribution in [3.63, 3.8) is 0 Å². The van der Waals surface area contributed by atoms with E-state index < -0.39 is 71.3 Å². The van der Waals surface area contributed by atoms with Gasteiger partial charge in [0.05, 0.1) is 0 Å². The van der Waals surface area contributed by atoms with E-state index in [1.807, 2.05) is 19.2 Å². The Balaban J connectivity index is 2.30. The van der Waals surface area contributed by atoms with Crippen molar-refractivity contribution >= 4 is 35.6 Å². The highest BCUT2D eigenvalue weighted by molar-refractivity contribution is 6.38. The maximum absolute atomic E-state index is 13.9. The van der Waals surface area contributed by atoms with Gasteiger partial charge in [-0.2, -0.15) is 0 Å². The number of hydrogen-bond donors (Lipinski definition) is 4. The fourth-order valence-electron chi connectivity index (χ4n) is 5.11. The summed E-state index contributed by atoms with van der Waals surface area (Å²) in [6.07, 6.45) is 0.522. The molecular formula is C27H42N4O8. The number of ketones is 1. The number of likely N-dealkylation sites (tertiary alicyclic amines) is 1. The van der Waals surface area contributed by atoms with Crippen LogP contribution in [-0.2, 0) is 28.7 Å². The van der Waals surface area contributed by atoms with Gasteiger partial charge in [-0.3, -0.25) is 24.0 Å². The summed E-state index contributed by atoms with van der Waals surface area (Å²) < 4.78 is 5.35. The topological polar surface area (TPSA) is 171 Å². The van der Waals surface area contributed by atoms with Gasteiger partial charge >= 0.3 is 12.1 Å². The molecule has 12 nitrogen and oxygen atoms in total. The van der Waals surface area contributed by atoms with E-state index in [0.29, 0.717) is 0 Å². The molecule has 1 aliphatic heterocycles.